The summed E-state index contributed by atoms with van der Waals surface area (Å²) in [6.45, 7) is 0.269. The molecule has 6 heteroatoms. The first-order chi connectivity index (χ1) is 11.2. The maximum absolute atomic E-state index is 12.9. The first kappa shape index (κ1) is 14.9. The molecule has 1 amide bonds. The van der Waals surface area contributed by atoms with Gasteiger partial charge in [-0.2, -0.15) is 5.10 Å². The Balaban J connectivity index is 1.59. The van der Waals surface area contributed by atoms with Crippen molar-refractivity contribution in [3.63, 3.8) is 0 Å². The van der Waals surface area contributed by atoms with Crippen molar-refractivity contribution >= 4 is 5.91 Å². The lowest BCUT2D eigenvalue weighted by Gasteiger charge is -2.04. The Morgan fingerprint density at radius 2 is 1.83 bits per heavy atom. The van der Waals surface area contributed by atoms with E-state index in [0.29, 0.717) is 5.69 Å². The van der Waals surface area contributed by atoms with Crippen molar-refractivity contribution in [3.05, 3.63) is 83.9 Å². The molecule has 5 nitrogen and oxygen atoms in total. The molecule has 0 bridgehead atoms. The number of carbonyl (C=O) groups excluding carboxylic acids is 1. The van der Waals surface area contributed by atoms with E-state index in [2.05, 4.69) is 10.6 Å². The second kappa shape index (κ2) is 6.85. The number of hydroxylamine groups is 1. The molecule has 0 radical (unpaired) electrons. The van der Waals surface area contributed by atoms with Crippen LogP contribution in [0.15, 0.2) is 66.9 Å². The summed E-state index contributed by atoms with van der Waals surface area (Å²) in [5.41, 5.74) is 4.17. The van der Waals surface area contributed by atoms with Gasteiger partial charge in [-0.3, -0.25) is 9.63 Å². The van der Waals surface area contributed by atoms with Crippen molar-refractivity contribution in [2.45, 2.75) is 6.61 Å². The van der Waals surface area contributed by atoms with Crippen molar-refractivity contribution in [2.75, 3.05) is 0 Å². The number of benzene rings is 2. The highest BCUT2D eigenvalue weighted by Gasteiger charge is 2.10. The van der Waals surface area contributed by atoms with Gasteiger partial charge < -0.3 is 0 Å². The van der Waals surface area contributed by atoms with Crippen LogP contribution in [0.2, 0.25) is 0 Å². The molecule has 0 saturated heterocycles. The monoisotopic (exact) mass is 311 g/mol. The average molecular weight is 311 g/mol. The maximum Gasteiger partial charge on any atom is 0.295 e. The van der Waals surface area contributed by atoms with Gasteiger partial charge in [0, 0.05) is 6.20 Å². The van der Waals surface area contributed by atoms with Crippen molar-refractivity contribution in [1.29, 1.82) is 0 Å². The van der Waals surface area contributed by atoms with E-state index >= 15 is 0 Å². The van der Waals surface area contributed by atoms with Gasteiger partial charge in [-0.15, -0.1) is 0 Å². The van der Waals surface area contributed by atoms with E-state index < -0.39 is 5.91 Å². The highest BCUT2D eigenvalue weighted by Crippen LogP contribution is 2.09. The Labute approximate surface area is 132 Å². The summed E-state index contributed by atoms with van der Waals surface area (Å²) < 4.78 is 14.4. The predicted molar refractivity (Wildman–Crippen MR) is 82.2 cm³/mol. The predicted octanol–water partition coefficient (Wildman–Crippen LogP) is 2.87. The van der Waals surface area contributed by atoms with Gasteiger partial charge >= 0.3 is 0 Å². The normalized spacial score (nSPS) is 10.5. The standard InChI is InChI=1S/C17H14FN3O2/c18-14-6-8-15(9-7-14)21-11-10-16(19-21)17(22)20-23-12-13-4-2-1-3-5-13/h1-11H,12H2,(H,20,22). The smallest absolute Gasteiger partial charge is 0.269 e. The lowest BCUT2D eigenvalue weighted by Crippen LogP contribution is -2.24. The third-order valence-electron chi connectivity index (χ3n) is 3.16. The van der Waals surface area contributed by atoms with Crippen molar-refractivity contribution in [2.24, 2.45) is 0 Å². The number of rotatable bonds is 5. The molecule has 0 atom stereocenters. The van der Waals surface area contributed by atoms with Crippen LogP contribution in [0.1, 0.15) is 16.1 Å². The zero-order valence-corrected chi connectivity index (χ0v) is 12.1. The van der Waals surface area contributed by atoms with Crippen LogP contribution in [-0.4, -0.2) is 15.7 Å². The van der Waals surface area contributed by atoms with Crippen LogP contribution in [0, 0.1) is 5.82 Å². The van der Waals surface area contributed by atoms with Crippen LogP contribution in [0.4, 0.5) is 4.39 Å². The molecule has 23 heavy (non-hydrogen) atoms. The molecule has 0 aliphatic rings. The minimum Gasteiger partial charge on any atom is -0.269 e. The SMILES string of the molecule is O=C(NOCc1ccccc1)c1ccn(-c2ccc(F)cc2)n1. The zero-order valence-electron chi connectivity index (χ0n) is 12.1. The minimum absolute atomic E-state index is 0.211. The highest BCUT2D eigenvalue weighted by molar-refractivity contribution is 5.91. The van der Waals surface area contributed by atoms with Gasteiger partial charge in [0.2, 0.25) is 0 Å². The molecule has 1 N–H and O–H groups in total. The van der Waals surface area contributed by atoms with E-state index in [4.69, 9.17) is 4.84 Å². The first-order valence-electron chi connectivity index (χ1n) is 7.00. The molecule has 0 unspecified atom stereocenters. The van der Waals surface area contributed by atoms with Gasteiger partial charge in [0.1, 0.15) is 5.82 Å². The third-order valence-corrected chi connectivity index (χ3v) is 3.16. The molecule has 0 saturated carbocycles. The van der Waals surface area contributed by atoms with Gasteiger partial charge in [0.25, 0.3) is 5.91 Å². The van der Waals surface area contributed by atoms with Gasteiger partial charge in [-0.25, -0.2) is 14.6 Å². The van der Waals surface area contributed by atoms with Gasteiger partial charge in [-0.05, 0) is 35.9 Å². The molecule has 1 heterocycles. The lowest BCUT2D eigenvalue weighted by atomic mass is 10.2. The number of amides is 1. The van der Waals surface area contributed by atoms with E-state index in [1.54, 1.807) is 24.4 Å². The number of hydrogen-bond acceptors (Lipinski definition) is 3. The minimum atomic E-state index is -0.443. The van der Waals surface area contributed by atoms with E-state index in [1.165, 1.54) is 16.8 Å². The Hall–Kier alpha value is -2.99. The molecule has 3 aromatic rings. The van der Waals surface area contributed by atoms with E-state index in [9.17, 15) is 9.18 Å². The highest BCUT2D eigenvalue weighted by atomic mass is 19.1. The number of nitrogens with one attached hydrogen (secondary N) is 1. The summed E-state index contributed by atoms with van der Waals surface area (Å²) >= 11 is 0. The fourth-order valence-electron chi connectivity index (χ4n) is 1.99. The second-order valence-electron chi connectivity index (χ2n) is 4.83. The fourth-order valence-corrected chi connectivity index (χ4v) is 1.99. The van der Waals surface area contributed by atoms with Crippen molar-refractivity contribution < 1.29 is 14.0 Å². The Kier molecular flexibility index (Phi) is 4.44. The van der Waals surface area contributed by atoms with E-state index in [1.807, 2.05) is 30.3 Å². The molecule has 3 rings (SSSR count). The van der Waals surface area contributed by atoms with Crippen molar-refractivity contribution in [3.8, 4) is 5.69 Å². The summed E-state index contributed by atoms with van der Waals surface area (Å²) in [5, 5.41) is 4.14. The number of carbonyl (C=O) groups is 1. The molecule has 0 spiro atoms. The molecule has 1 aromatic heterocycles. The average Bonchev–Trinajstić information content (AvgIpc) is 3.06. The van der Waals surface area contributed by atoms with Gasteiger partial charge in [0.05, 0.1) is 12.3 Å². The van der Waals surface area contributed by atoms with Crippen molar-refractivity contribution in [1.82, 2.24) is 15.3 Å². The van der Waals surface area contributed by atoms with Crippen LogP contribution >= 0.6 is 0 Å². The first-order valence-corrected chi connectivity index (χ1v) is 7.00. The number of nitrogens with zero attached hydrogens (tertiary/aromatic N) is 2. The molecule has 0 fully saturated rings. The number of halogens is 1. The second-order valence-corrected chi connectivity index (χ2v) is 4.83. The van der Waals surface area contributed by atoms with E-state index in [-0.39, 0.29) is 18.1 Å². The third kappa shape index (κ3) is 3.81. The quantitative estimate of drug-likeness (QED) is 0.737. The molecular formula is C17H14FN3O2. The Bertz CT molecular complexity index is 785. The summed E-state index contributed by atoms with van der Waals surface area (Å²) in [5.74, 6) is -0.769. The lowest BCUT2D eigenvalue weighted by molar-refractivity contribution is 0.0229. The van der Waals surface area contributed by atoms with Crippen LogP contribution in [0.25, 0.3) is 5.69 Å². The van der Waals surface area contributed by atoms with Gasteiger partial charge in [-0.1, -0.05) is 30.3 Å². The van der Waals surface area contributed by atoms with Gasteiger partial charge in [0.15, 0.2) is 5.69 Å². The summed E-state index contributed by atoms with van der Waals surface area (Å²) in [4.78, 5) is 17.1. The molecule has 0 aliphatic carbocycles. The summed E-state index contributed by atoms with van der Waals surface area (Å²) in [6.07, 6.45) is 1.62. The number of aromatic nitrogens is 2. The topological polar surface area (TPSA) is 56.1 Å². The fraction of sp³-hybridized carbons (Fsp3) is 0.0588. The summed E-state index contributed by atoms with van der Waals surface area (Å²) in [7, 11) is 0. The van der Waals surface area contributed by atoms with Crippen LogP contribution < -0.4 is 5.48 Å². The summed E-state index contributed by atoms with van der Waals surface area (Å²) in [6, 6.07) is 16.9. The maximum atomic E-state index is 12.9. The number of hydrogen-bond donors (Lipinski definition) is 1. The zero-order chi connectivity index (χ0) is 16.1. The Morgan fingerprint density at radius 3 is 2.57 bits per heavy atom. The van der Waals surface area contributed by atoms with E-state index in [0.717, 1.165) is 5.56 Å². The molecule has 2 aromatic carbocycles. The molecular weight excluding hydrogens is 297 g/mol. The largest absolute Gasteiger partial charge is 0.295 e. The van der Waals surface area contributed by atoms with Crippen LogP contribution in [-0.2, 0) is 11.4 Å². The Morgan fingerprint density at radius 1 is 1.09 bits per heavy atom. The van der Waals surface area contributed by atoms with Crippen LogP contribution in [0.5, 0.6) is 0 Å². The molecule has 116 valence electrons. The molecule has 0 aliphatic heterocycles. The van der Waals surface area contributed by atoms with Crippen LogP contribution in [0.3, 0.4) is 0 Å².